The molecule has 1 aliphatic rings. The van der Waals surface area contributed by atoms with Crippen LogP contribution < -0.4 is 15.4 Å². The topological polar surface area (TPSA) is 64.8 Å². The summed E-state index contributed by atoms with van der Waals surface area (Å²) >= 11 is 0. The first-order valence-corrected chi connectivity index (χ1v) is 6.65. The Bertz CT molecular complexity index is 419. The zero-order valence-corrected chi connectivity index (χ0v) is 11.2. The second-order valence-corrected chi connectivity index (χ2v) is 4.45. The summed E-state index contributed by atoms with van der Waals surface area (Å²) in [6, 6.07) is 7.46. The van der Waals surface area contributed by atoms with E-state index < -0.39 is 0 Å². The highest BCUT2D eigenvalue weighted by atomic mass is 16.6. The molecule has 1 aliphatic heterocycles. The SMILES string of the molecule is CCOc1ccc(N2CCC(CCN)OC2=O)cc1. The van der Waals surface area contributed by atoms with Gasteiger partial charge in [-0.05, 0) is 44.2 Å². The maximum atomic E-state index is 11.9. The van der Waals surface area contributed by atoms with E-state index in [2.05, 4.69) is 0 Å². The minimum absolute atomic E-state index is 0.0450. The van der Waals surface area contributed by atoms with E-state index >= 15 is 0 Å². The highest BCUT2D eigenvalue weighted by molar-refractivity contribution is 5.88. The summed E-state index contributed by atoms with van der Waals surface area (Å²) in [5.74, 6) is 0.803. The van der Waals surface area contributed by atoms with Crippen molar-refractivity contribution in [2.45, 2.75) is 25.9 Å². The lowest BCUT2D eigenvalue weighted by Gasteiger charge is -2.31. The minimum Gasteiger partial charge on any atom is -0.494 e. The van der Waals surface area contributed by atoms with Gasteiger partial charge in [0.2, 0.25) is 0 Å². The zero-order chi connectivity index (χ0) is 13.7. The Labute approximate surface area is 113 Å². The van der Waals surface area contributed by atoms with Gasteiger partial charge in [-0.2, -0.15) is 0 Å². The maximum absolute atomic E-state index is 11.9. The van der Waals surface area contributed by atoms with E-state index in [4.69, 9.17) is 15.2 Å². The van der Waals surface area contributed by atoms with Crippen LogP contribution in [0.3, 0.4) is 0 Å². The van der Waals surface area contributed by atoms with Crippen LogP contribution in [-0.2, 0) is 4.74 Å². The average Bonchev–Trinajstić information content (AvgIpc) is 2.41. The van der Waals surface area contributed by atoms with Gasteiger partial charge in [-0.15, -0.1) is 0 Å². The summed E-state index contributed by atoms with van der Waals surface area (Å²) < 4.78 is 10.7. The molecule has 0 aromatic heterocycles. The van der Waals surface area contributed by atoms with Gasteiger partial charge in [0.1, 0.15) is 11.9 Å². The maximum Gasteiger partial charge on any atom is 0.414 e. The normalized spacial score (nSPS) is 19.2. The largest absolute Gasteiger partial charge is 0.494 e. The van der Waals surface area contributed by atoms with Crippen LogP contribution in [0.15, 0.2) is 24.3 Å². The van der Waals surface area contributed by atoms with Gasteiger partial charge in [0.05, 0.1) is 6.61 Å². The molecule has 1 aromatic rings. The fourth-order valence-corrected chi connectivity index (χ4v) is 2.14. The van der Waals surface area contributed by atoms with E-state index in [1.165, 1.54) is 0 Å². The molecule has 1 aromatic carbocycles. The quantitative estimate of drug-likeness (QED) is 0.885. The summed E-state index contributed by atoms with van der Waals surface area (Å²) in [4.78, 5) is 13.6. The third kappa shape index (κ3) is 3.38. The lowest BCUT2D eigenvalue weighted by molar-refractivity contribution is 0.0807. The number of anilines is 1. The monoisotopic (exact) mass is 264 g/mol. The molecule has 1 heterocycles. The van der Waals surface area contributed by atoms with Gasteiger partial charge in [0.25, 0.3) is 0 Å². The van der Waals surface area contributed by atoms with E-state index in [-0.39, 0.29) is 12.2 Å². The number of amides is 1. The highest BCUT2D eigenvalue weighted by Crippen LogP contribution is 2.24. The van der Waals surface area contributed by atoms with Gasteiger partial charge >= 0.3 is 6.09 Å². The summed E-state index contributed by atoms with van der Waals surface area (Å²) in [5, 5.41) is 0. The Balaban J connectivity index is 2.00. The van der Waals surface area contributed by atoms with Crippen molar-refractivity contribution in [3.05, 3.63) is 24.3 Å². The number of hydrogen-bond acceptors (Lipinski definition) is 4. The van der Waals surface area contributed by atoms with Crippen molar-refractivity contribution in [1.82, 2.24) is 0 Å². The van der Waals surface area contributed by atoms with Crippen LogP contribution >= 0.6 is 0 Å². The second-order valence-electron chi connectivity index (χ2n) is 4.45. The molecule has 0 radical (unpaired) electrons. The molecule has 19 heavy (non-hydrogen) atoms. The molecule has 0 aliphatic carbocycles. The molecule has 1 amide bonds. The Morgan fingerprint density at radius 2 is 2.16 bits per heavy atom. The molecule has 2 N–H and O–H groups in total. The van der Waals surface area contributed by atoms with Gasteiger partial charge in [-0.3, -0.25) is 4.90 Å². The zero-order valence-electron chi connectivity index (χ0n) is 11.2. The summed E-state index contributed by atoms with van der Waals surface area (Å²) in [6.45, 7) is 3.78. The van der Waals surface area contributed by atoms with Crippen molar-refractivity contribution in [1.29, 1.82) is 0 Å². The van der Waals surface area contributed by atoms with Crippen LogP contribution in [0.5, 0.6) is 5.75 Å². The van der Waals surface area contributed by atoms with Gasteiger partial charge < -0.3 is 15.2 Å². The van der Waals surface area contributed by atoms with Crippen molar-refractivity contribution in [3.8, 4) is 5.75 Å². The van der Waals surface area contributed by atoms with E-state index in [9.17, 15) is 4.79 Å². The van der Waals surface area contributed by atoms with Crippen LogP contribution in [0.2, 0.25) is 0 Å². The summed E-state index contributed by atoms with van der Waals surface area (Å²) in [5.41, 5.74) is 6.31. The molecule has 0 spiro atoms. The number of cyclic esters (lactones) is 1. The number of ether oxygens (including phenoxy) is 2. The Morgan fingerprint density at radius 1 is 1.42 bits per heavy atom. The Kier molecular flexibility index (Phi) is 4.63. The van der Waals surface area contributed by atoms with E-state index in [1.807, 2.05) is 31.2 Å². The van der Waals surface area contributed by atoms with Gasteiger partial charge in [-0.25, -0.2) is 4.79 Å². The fraction of sp³-hybridized carbons (Fsp3) is 0.500. The van der Waals surface area contributed by atoms with Crippen LogP contribution in [0.4, 0.5) is 10.5 Å². The molecular weight excluding hydrogens is 244 g/mol. The van der Waals surface area contributed by atoms with Crippen molar-refractivity contribution < 1.29 is 14.3 Å². The summed E-state index contributed by atoms with van der Waals surface area (Å²) in [7, 11) is 0. The smallest absolute Gasteiger partial charge is 0.414 e. The van der Waals surface area contributed by atoms with Crippen molar-refractivity contribution in [2.75, 3.05) is 24.6 Å². The summed E-state index contributed by atoms with van der Waals surface area (Å²) in [6.07, 6.45) is 1.20. The number of carbonyl (C=O) groups is 1. The Hall–Kier alpha value is -1.75. The molecule has 0 saturated carbocycles. The van der Waals surface area contributed by atoms with Crippen LogP contribution in [0.25, 0.3) is 0 Å². The van der Waals surface area contributed by atoms with Gasteiger partial charge in [0, 0.05) is 18.7 Å². The van der Waals surface area contributed by atoms with Crippen molar-refractivity contribution >= 4 is 11.8 Å². The van der Waals surface area contributed by atoms with E-state index in [0.717, 1.165) is 24.3 Å². The molecule has 5 nitrogen and oxygen atoms in total. The van der Waals surface area contributed by atoms with E-state index in [0.29, 0.717) is 19.7 Å². The molecular formula is C14H20N2O3. The third-order valence-corrected chi connectivity index (χ3v) is 3.11. The first kappa shape index (κ1) is 13.7. The molecule has 1 unspecified atom stereocenters. The predicted octanol–water partition coefficient (Wildman–Crippen LogP) is 2.15. The predicted molar refractivity (Wildman–Crippen MR) is 73.5 cm³/mol. The Morgan fingerprint density at radius 3 is 2.74 bits per heavy atom. The molecule has 0 bridgehead atoms. The standard InChI is InChI=1S/C14H20N2O3/c1-2-18-12-5-3-11(4-6-12)16-10-8-13(7-9-15)19-14(16)17/h3-6,13H,2,7-10,15H2,1H3. The molecule has 1 fully saturated rings. The highest BCUT2D eigenvalue weighted by Gasteiger charge is 2.27. The average molecular weight is 264 g/mol. The number of rotatable bonds is 5. The third-order valence-electron chi connectivity index (χ3n) is 3.11. The second kappa shape index (κ2) is 6.43. The fourth-order valence-electron chi connectivity index (χ4n) is 2.14. The molecule has 5 heteroatoms. The lowest BCUT2D eigenvalue weighted by atomic mass is 10.1. The number of nitrogens with two attached hydrogens (primary N) is 1. The first-order valence-electron chi connectivity index (χ1n) is 6.65. The van der Waals surface area contributed by atoms with Crippen molar-refractivity contribution in [2.24, 2.45) is 5.73 Å². The van der Waals surface area contributed by atoms with Crippen LogP contribution in [0.1, 0.15) is 19.8 Å². The van der Waals surface area contributed by atoms with E-state index in [1.54, 1.807) is 4.90 Å². The molecule has 1 saturated heterocycles. The number of hydrogen-bond donors (Lipinski definition) is 1. The minimum atomic E-state index is -0.297. The number of carbonyl (C=O) groups excluding carboxylic acids is 1. The number of nitrogens with zero attached hydrogens (tertiary/aromatic N) is 1. The lowest BCUT2D eigenvalue weighted by Crippen LogP contribution is -2.42. The first-order chi connectivity index (χ1) is 9.24. The number of benzene rings is 1. The van der Waals surface area contributed by atoms with Gasteiger partial charge in [-0.1, -0.05) is 0 Å². The van der Waals surface area contributed by atoms with Gasteiger partial charge in [0.15, 0.2) is 0 Å². The van der Waals surface area contributed by atoms with Crippen LogP contribution in [-0.4, -0.2) is 31.9 Å². The van der Waals surface area contributed by atoms with Crippen LogP contribution in [0, 0.1) is 0 Å². The van der Waals surface area contributed by atoms with Crippen molar-refractivity contribution in [3.63, 3.8) is 0 Å². The molecule has 104 valence electrons. The molecule has 2 rings (SSSR count). The molecule has 1 atom stereocenters.